The molecule has 3 N–H and O–H groups in total. The molecule has 328 valence electrons. The third-order valence-corrected chi connectivity index (χ3v) is 10.7. The van der Waals surface area contributed by atoms with Crippen LogP contribution < -0.4 is 25.0 Å². The van der Waals surface area contributed by atoms with Gasteiger partial charge in [0.1, 0.15) is 11.5 Å². The Morgan fingerprint density at radius 3 is 1.34 bits per heavy atom. The number of hydrogen-bond acceptors (Lipinski definition) is 7. The Morgan fingerprint density at radius 1 is 0.569 bits per heavy atom. The molecule has 0 spiro atoms. The van der Waals surface area contributed by atoms with E-state index in [1.165, 1.54) is 51.6 Å². The Bertz CT molecular complexity index is 1370. The summed E-state index contributed by atoms with van der Waals surface area (Å²) in [6.45, 7) is 24.5. The average molecular weight is 851 g/mol. The summed E-state index contributed by atoms with van der Waals surface area (Å²) in [5, 5.41) is 5.86. The Labute approximate surface area is 362 Å². The number of piperidine rings is 2. The van der Waals surface area contributed by atoms with Crippen LogP contribution in [0.5, 0.6) is 11.5 Å². The minimum absolute atomic E-state index is 0. The molecule has 0 saturated carbocycles. The number of carbonyl (C=O) groups excluding carboxylic acids is 4. The van der Waals surface area contributed by atoms with E-state index in [2.05, 4.69) is 70.9 Å². The molecule has 2 fully saturated rings. The number of hydrogen-bond donors (Lipinski definition) is 3. The molecule has 2 aromatic rings. The molecule has 12 heteroatoms. The van der Waals surface area contributed by atoms with E-state index in [-0.39, 0.29) is 97.9 Å². The first kappa shape index (κ1) is 52.8. The molecule has 2 saturated heterocycles. The largest absolute Gasteiger partial charge is 0.426 e. The fourth-order valence-corrected chi connectivity index (χ4v) is 7.36. The van der Waals surface area contributed by atoms with E-state index in [1.807, 2.05) is 36.4 Å². The minimum atomic E-state index is -0.346. The van der Waals surface area contributed by atoms with Gasteiger partial charge in [0.2, 0.25) is 11.8 Å². The summed E-state index contributed by atoms with van der Waals surface area (Å²) < 4.78 is 11.4. The highest BCUT2D eigenvalue weighted by Crippen LogP contribution is 2.36. The number of rotatable bonds is 18. The standard InChI is InChI=1S/2C23H36N2O3.2ClH/c2*1-17(2)19-9-8-10-20(18(3)4)23(19)28-22(27)12-11-21(26)24-13-16-25-14-6-5-7-15-25;;/h2*8-10,17-18H,5-7,11-16H2,1-4H3,(H,24,26);2*1H/p+1. The van der Waals surface area contributed by atoms with Gasteiger partial charge in [-0.3, -0.25) is 19.2 Å². The number of likely N-dealkylation sites (tertiary alicyclic amines) is 2. The van der Waals surface area contributed by atoms with Crippen molar-refractivity contribution in [3.05, 3.63) is 58.7 Å². The fraction of sp³-hybridized carbons (Fsp3) is 0.652. The monoisotopic (exact) mass is 850 g/mol. The first-order valence-electron chi connectivity index (χ1n) is 21.5. The van der Waals surface area contributed by atoms with Crippen LogP contribution in [-0.4, -0.2) is 81.0 Å². The molecule has 0 atom stereocenters. The smallest absolute Gasteiger partial charge is 0.311 e. The summed E-state index contributed by atoms with van der Waals surface area (Å²) in [4.78, 5) is 52.8. The zero-order chi connectivity index (χ0) is 41.0. The van der Waals surface area contributed by atoms with E-state index >= 15 is 0 Å². The highest BCUT2D eigenvalue weighted by molar-refractivity contribution is 5.86. The number of esters is 2. The SMILES string of the molecule is CC(C)c1cccc(C(C)C)c1OC(=O)CCC(=O)NCCN1CCCCC1.CC(C)c1cccc(C(C)C)c1OC(=O)CCC(=O)NCC[NH+]1CCCCC1.Cl.Cl. The first-order valence-corrected chi connectivity index (χ1v) is 21.5. The summed E-state index contributed by atoms with van der Waals surface area (Å²) >= 11 is 0. The number of benzene rings is 2. The van der Waals surface area contributed by atoms with E-state index in [1.54, 1.807) is 4.90 Å². The number of quaternary nitrogens is 1. The van der Waals surface area contributed by atoms with Crippen molar-refractivity contribution in [2.75, 3.05) is 52.4 Å². The van der Waals surface area contributed by atoms with Gasteiger partial charge in [-0.2, -0.15) is 0 Å². The van der Waals surface area contributed by atoms with Crippen LogP contribution in [-0.2, 0) is 19.2 Å². The summed E-state index contributed by atoms with van der Waals surface area (Å²) in [6, 6.07) is 12.1. The topological polar surface area (TPSA) is 118 Å². The van der Waals surface area contributed by atoms with Crippen molar-refractivity contribution in [1.82, 2.24) is 15.5 Å². The molecule has 2 aromatic carbocycles. The maximum Gasteiger partial charge on any atom is 0.311 e. The molecule has 0 radical (unpaired) electrons. The molecule has 10 nitrogen and oxygen atoms in total. The van der Waals surface area contributed by atoms with Crippen LogP contribution in [0.25, 0.3) is 0 Å². The summed E-state index contributed by atoms with van der Waals surface area (Å²) in [5.74, 6) is 1.55. The van der Waals surface area contributed by atoms with E-state index < -0.39 is 0 Å². The number of amides is 2. The second kappa shape index (κ2) is 28.3. The van der Waals surface area contributed by atoms with Crippen molar-refractivity contribution in [1.29, 1.82) is 0 Å². The van der Waals surface area contributed by atoms with Crippen molar-refractivity contribution >= 4 is 48.6 Å². The predicted molar refractivity (Wildman–Crippen MR) is 239 cm³/mol. The van der Waals surface area contributed by atoms with Gasteiger partial charge in [0.25, 0.3) is 0 Å². The van der Waals surface area contributed by atoms with Crippen molar-refractivity contribution in [2.24, 2.45) is 0 Å². The third kappa shape index (κ3) is 18.8. The number of nitrogens with zero attached hydrogens (tertiary/aromatic N) is 1. The number of halogens is 2. The highest BCUT2D eigenvalue weighted by Gasteiger charge is 2.21. The Hall–Kier alpha value is -3.18. The van der Waals surface area contributed by atoms with Gasteiger partial charge in [0.15, 0.2) is 0 Å². The molecule has 2 aliphatic heterocycles. The second-order valence-electron chi connectivity index (χ2n) is 16.8. The second-order valence-corrected chi connectivity index (χ2v) is 16.8. The zero-order valence-electron chi connectivity index (χ0n) is 36.7. The van der Waals surface area contributed by atoms with Crippen molar-refractivity contribution in [3.8, 4) is 11.5 Å². The number of para-hydroxylation sites is 2. The summed E-state index contributed by atoms with van der Waals surface area (Å²) in [5.41, 5.74) is 4.14. The van der Waals surface area contributed by atoms with Crippen LogP contribution >= 0.6 is 24.8 Å². The predicted octanol–water partition coefficient (Wildman–Crippen LogP) is 7.87. The number of carbonyl (C=O) groups is 4. The maximum absolute atomic E-state index is 12.4. The van der Waals surface area contributed by atoms with Crippen molar-refractivity contribution in [2.45, 2.75) is 143 Å². The zero-order valence-corrected chi connectivity index (χ0v) is 38.3. The van der Waals surface area contributed by atoms with Crippen LogP contribution in [0.2, 0.25) is 0 Å². The van der Waals surface area contributed by atoms with Gasteiger partial charge in [-0.1, -0.05) is 98.2 Å². The Balaban J connectivity index is 0.000000561. The summed E-state index contributed by atoms with van der Waals surface area (Å²) in [7, 11) is 0. The fourth-order valence-electron chi connectivity index (χ4n) is 7.36. The first-order chi connectivity index (χ1) is 26.8. The lowest BCUT2D eigenvalue weighted by atomic mass is 9.94. The normalized spacial score (nSPS) is 14.6. The average Bonchev–Trinajstić information content (AvgIpc) is 3.17. The molecule has 58 heavy (non-hydrogen) atoms. The lowest BCUT2D eigenvalue weighted by Gasteiger charge is -2.26. The van der Waals surface area contributed by atoms with Gasteiger partial charge in [0.05, 0.1) is 39.0 Å². The molecule has 0 unspecified atom stereocenters. The molecular formula is C46H75Cl2N4O6+. The van der Waals surface area contributed by atoms with E-state index in [0.29, 0.717) is 24.6 Å². The molecular weight excluding hydrogens is 775 g/mol. The van der Waals surface area contributed by atoms with E-state index in [4.69, 9.17) is 9.47 Å². The van der Waals surface area contributed by atoms with Gasteiger partial charge in [-0.15, -0.1) is 24.8 Å². The molecule has 2 amide bonds. The summed E-state index contributed by atoms with van der Waals surface area (Å²) in [6.07, 6.45) is 8.24. The number of ether oxygens (including phenoxy) is 2. The van der Waals surface area contributed by atoms with Crippen LogP contribution in [0.1, 0.15) is 166 Å². The lowest BCUT2D eigenvalue weighted by molar-refractivity contribution is -0.903. The quantitative estimate of drug-likeness (QED) is 0.103. The maximum atomic E-state index is 12.4. The van der Waals surface area contributed by atoms with Crippen LogP contribution in [0, 0.1) is 0 Å². The highest BCUT2D eigenvalue weighted by atomic mass is 35.5. The third-order valence-electron chi connectivity index (χ3n) is 10.7. The molecule has 2 aliphatic rings. The molecule has 0 aromatic heterocycles. The number of nitrogens with one attached hydrogen (secondary N) is 3. The Morgan fingerprint density at radius 2 is 0.948 bits per heavy atom. The van der Waals surface area contributed by atoms with Gasteiger partial charge in [-0.25, -0.2) is 0 Å². The van der Waals surface area contributed by atoms with Crippen LogP contribution in [0.4, 0.5) is 0 Å². The van der Waals surface area contributed by atoms with Crippen LogP contribution in [0.3, 0.4) is 0 Å². The lowest BCUT2D eigenvalue weighted by Crippen LogP contribution is -3.13. The van der Waals surface area contributed by atoms with Gasteiger partial charge >= 0.3 is 11.9 Å². The Kier molecular flexibility index (Phi) is 25.8. The van der Waals surface area contributed by atoms with Gasteiger partial charge in [-0.05, 0) is 91.1 Å². The van der Waals surface area contributed by atoms with Crippen LogP contribution in [0.15, 0.2) is 36.4 Å². The van der Waals surface area contributed by atoms with Gasteiger partial charge in [0, 0.05) is 25.9 Å². The van der Waals surface area contributed by atoms with Crippen molar-refractivity contribution in [3.63, 3.8) is 0 Å². The minimum Gasteiger partial charge on any atom is -0.426 e. The van der Waals surface area contributed by atoms with Crippen molar-refractivity contribution < 1.29 is 33.6 Å². The molecule has 4 rings (SSSR count). The van der Waals surface area contributed by atoms with E-state index in [0.717, 1.165) is 48.4 Å². The van der Waals surface area contributed by atoms with Gasteiger partial charge < -0.3 is 29.9 Å². The molecule has 2 heterocycles. The molecule has 0 bridgehead atoms. The van der Waals surface area contributed by atoms with E-state index in [9.17, 15) is 19.2 Å². The molecule has 0 aliphatic carbocycles.